The number of hydrogen-bond donors (Lipinski definition) is 1. The maximum atomic E-state index is 11.2. The number of carboxylic acid groups (broad SMARTS) is 1. The molecular weight excluding hydrogens is 248 g/mol. The van der Waals surface area contributed by atoms with Crippen molar-refractivity contribution in [2.24, 2.45) is 0 Å². The number of aromatic nitrogens is 1. The quantitative estimate of drug-likeness (QED) is 0.911. The number of likely N-dealkylation sites (tertiary alicyclic amines) is 1. The first kappa shape index (κ1) is 13.5. The van der Waals surface area contributed by atoms with Gasteiger partial charge in [0.05, 0.1) is 16.6 Å². The minimum absolute atomic E-state index is 0.393. The van der Waals surface area contributed by atoms with Crippen LogP contribution < -0.4 is 0 Å². The van der Waals surface area contributed by atoms with Crippen LogP contribution in [0.25, 0.3) is 0 Å². The molecule has 0 aromatic carbocycles. The zero-order valence-electron chi connectivity index (χ0n) is 11.1. The summed E-state index contributed by atoms with van der Waals surface area (Å²) in [7, 11) is 2.12. The first-order chi connectivity index (χ1) is 8.52. The van der Waals surface area contributed by atoms with E-state index in [1.54, 1.807) is 11.3 Å². The molecule has 0 amide bonds. The summed E-state index contributed by atoms with van der Waals surface area (Å²) in [5, 5.41) is 10.4. The van der Waals surface area contributed by atoms with Crippen molar-refractivity contribution in [3.05, 3.63) is 15.6 Å². The average molecular weight is 268 g/mol. The first-order valence-corrected chi connectivity index (χ1v) is 7.23. The fourth-order valence-electron chi connectivity index (χ4n) is 2.54. The molecule has 2 unspecified atom stereocenters. The summed E-state index contributed by atoms with van der Waals surface area (Å²) in [5.41, 5.74) is 0.902. The van der Waals surface area contributed by atoms with E-state index >= 15 is 0 Å². The third-order valence-corrected chi connectivity index (χ3v) is 5.05. The van der Waals surface area contributed by atoms with Gasteiger partial charge in [0.2, 0.25) is 0 Å². The van der Waals surface area contributed by atoms with Gasteiger partial charge in [0.1, 0.15) is 0 Å². The van der Waals surface area contributed by atoms with E-state index in [1.165, 1.54) is 0 Å². The lowest BCUT2D eigenvalue weighted by Gasteiger charge is -2.08. The van der Waals surface area contributed by atoms with E-state index in [0.29, 0.717) is 12.3 Å². The molecule has 2 heterocycles. The van der Waals surface area contributed by atoms with Gasteiger partial charge in [0, 0.05) is 17.3 Å². The number of hydrogen-bond acceptors (Lipinski definition) is 4. The fraction of sp³-hybridized carbons (Fsp3) is 0.692. The Hall–Kier alpha value is -0.940. The summed E-state index contributed by atoms with van der Waals surface area (Å²) in [5.74, 6) is -0.645. The van der Waals surface area contributed by atoms with Gasteiger partial charge in [0.15, 0.2) is 0 Å². The molecule has 0 saturated carbocycles. The van der Waals surface area contributed by atoms with Gasteiger partial charge in [-0.25, -0.2) is 4.98 Å². The molecule has 1 aromatic heterocycles. The summed E-state index contributed by atoms with van der Waals surface area (Å²) < 4.78 is 0. The molecule has 0 spiro atoms. The number of aryl methyl sites for hydroxylation is 1. The van der Waals surface area contributed by atoms with Crippen molar-refractivity contribution in [2.45, 2.75) is 38.5 Å². The van der Waals surface area contributed by atoms with Gasteiger partial charge in [-0.1, -0.05) is 6.92 Å². The molecule has 18 heavy (non-hydrogen) atoms. The summed E-state index contributed by atoms with van der Waals surface area (Å²) in [6.45, 7) is 5.99. The number of likely N-dealkylation sites (N-methyl/N-ethyl adjacent to an activating group) is 1. The van der Waals surface area contributed by atoms with E-state index in [4.69, 9.17) is 0 Å². The molecule has 2 atom stereocenters. The highest BCUT2D eigenvalue weighted by molar-refractivity contribution is 7.12. The Morgan fingerprint density at radius 1 is 1.67 bits per heavy atom. The molecule has 0 bridgehead atoms. The Balaban J connectivity index is 2.23. The van der Waals surface area contributed by atoms with Crippen molar-refractivity contribution >= 4 is 17.3 Å². The summed E-state index contributed by atoms with van der Waals surface area (Å²) in [6.07, 6.45) is 1.76. The van der Waals surface area contributed by atoms with Crippen LogP contribution in [-0.4, -0.2) is 41.1 Å². The van der Waals surface area contributed by atoms with Crippen LogP contribution in [0.4, 0.5) is 0 Å². The molecule has 1 aliphatic rings. The van der Waals surface area contributed by atoms with Crippen molar-refractivity contribution in [1.29, 1.82) is 0 Å². The van der Waals surface area contributed by atoms with E-state index in [2.05, 4.69) is 16.9 Å². The van der Waals surface area contributed by atoms with Gasteiger partial charge in [-0.3, -0.25) is 4.79 Å². The van der Waals surface area contributed by atoms with Crippen molar-refractivity contribution < 1.29 is 9.90 Å². The van der Waals surface area contributed by atoms with E-state index in [1.807, 2.05) is 13.8 Å². The third-order valence-electron chi connectivity index (χ3n) is 3.61. The molecule has 5 heteroatoms. The normalized spacial score (nSPS) is 22.3. The van der Waals surface area contributed by atoms with Gasteiger partial charge in [0.25, 0.3) is 0 Å². The second-order valence-corrected chi connectivity index (χ2v) is 6.11. The molecule has 1 fully saturated rings. The Bertz CT molecular complexity index is 444. The lowest BCUT2D eigenvalue weighted by Crippen LogP contribution is -2.13. The molecule has 100 valence electrons. The predicted molar refractivity (Wildman–Crippen MR) is 72.4 cm³/mol. The second-order valence-electron chi connectivity index (χ2n) is 5.05. The molecule has 1 saturated heterocycles. The topological polar surface area (TPSA) is 53.4 Å². The Morgan fingerprint density at radius 2 is 2.39 bits per heavy atom. The maximum absolute atomic E-state index is 11.2. The molecule has 0 aliphatic carbocycles. The summed E-state index contributed by atoms with van der Waals surface area (Å²) >= 11 is 1.60. The SMILES string of the molecule is CCC(C(=O)O)c1sc(C2CCN(C)C2)nc1C. The van der Waals surface area contributed by atoms with Gasteiger partial charge < -0.3 is 10.0 Å². The lowest BCUT2D eigenvalue weighted by atomic mass is 10.0. The number of rotatable bonds is 4. The first-order valence-electron chi connectivity index (χ1n) is 6.41. The largest absolute Gasteiger partial charge is 0.481 e. The van der Waals surface area contributed by atoms with Gasteiger partial charge >= 0.3 is 5.97 Å². The van der Waals surface area contributed by atoms with E-state index < -0.39 is 11.9 Å². The fourth-order valence-corrected chi connectivity index (χ4v) is 3.91. The van der Waals surface area contributed by atoms with Crippen LogP contribution in [0.2, 0.25) is 0 Å². The molecule has 1 aromatic rings. The number of carboxylic acids is 1. The predicted octanol–water partition coefficient (Wildman–Crippen LogP) is 2.45. The van der Waals surface area contributed by atoms with E-state index in [0.717, 1.165) is 35.1 Å². The minimum atomic E-state index is -0.737. The van der Waals surface area contributed by atoms with Gasteiger partial charge in [-0.2, -0.15) is 0 Å². The Kier molecular flexibility index (Phi) is 4.02. The highest BCUT2D eigenvalue weighted by Crippen LogP contribution is 2.35. The summed E-state index contributed by atoms with van der Waals surface area (Å²) in [6, 6.07) is 0. The standard InChI is InChI=1S/C13H20N2O2S/c1-4-10(13(16)17)11-8(2)14-12(18-11)9-5-6-15(3)7-9/h9-10H,4-7H2,1-3H3,(H,16,17). The number of thiazole rings is 1. The van der Waals surface area contributed by atoms with Crippen molar-refractivity contribution in [3.63, 3.8) is 0 Å². The second kappa shape index (κ2) is 5.36. The van der Waals surface area contributed by atoms with Crippen molar-refractivity contribution in [3.8, 4) is 0 Å². The smallest absolute Gasteiger partial charge is 0.311 e. The van der Waals surface area contributed by atoms with Gasteiger partial charge in [-0.15, -0.1) is 11.3 Å². The van der Waals surface area contributed by atoms with Crippen LogP contribution in [0.1, 0.15) is 47.2 Å². The monoisotopic (exact) mass is 268 g/mol. The summed E-state index contributed by atoms with van der Waals surface area (Å²) in [4.78, 5) is 19.1. The van der Waals surface area contributed by atoms with Crippen LogP contribution in [0, 0.1) is 6.92 Å². The van der Waals surface area contributed by atoms with E-state index in [9.17, 15) is 9.90 Å². The Labute approximate surface area is 112 Å². The lowest BCUT2D eigenvalue weighted by molar-refractivity contribution is -0.138. The van der Waals surface area contributed by atoms with Crippen LogP contribution in [0.15, 0.2) is 0 Å². The Morgan fingerprint density at radius 3 is 2.89 bits per heavy atom. The molecular formula is C13H20N2O2S. The van der Waals surface area contributed by atoms with Gasteiger partial charge in [-0.05, 0) is 33.4 Å². The molecule has 2 rings (SSSR count). The highest BCUT2D eigenvalue weighted by Gasteiger charge is 2.28. The molecule has 1 aliphatic heterocycles. The molecule has 4 nitrogen and oxygen atoms in total. The highest BCUT2D eigenvalue weighted by atomic mass is 32.1. The number of nitrogens with zero attached hydrogens (tertiary/aromatic N) is 2. The molecule has 0 radical (unpaired) electrons. The minimum Gasteiger partial charge on any atom is -0.481 e. The van der Waals surface area contributed by atoms with Crippen LogP contribution >= 0.6 is 11.3 Å². The van der Waals surface area contributed by atoms with Crippen molar-refractivity contribution in [1.82, 2.24) is 9.88 Å². The zero-order valence-corrected chi connectivity index (χ0v) is 12.0. The number of aliphatic carboxylic acids is 1. The number of carbonyl (C=O) groups is 1. The third kappa shape index (κ3) is 2.57. The van der Waals surface area contributed by atoms with Crippen LogP contribution in [0.3, 0.4) is 0 Å². The van der Waals surface area contributed by atoms with E-state index in [-0.39, 0.29) is 0 Å². The maximum Gasteiger partial charge on any atom is 0.311 e. The average Bonchev–Trinajstić information content (AvgIpc) is 2.87. The van der Waals surface area contributed by atoms with Crippen LogP contribution in [-0.2, 0) is 4.79 Å². The molecule has 1 N–H and O–H groups in total. The van der Waals surface area contributed by atoms with Crippen LogP contribution in [0.5, 0.6) is 0 Å². The van der Waals surface area contributed by atoms with Crippen molar-refractivity contribution in [2.75, 3.05) is 20.1 Å². The zero-order chi connectivity index (χ0) is 13.3.